The maximum atomic E-state index is 5.95. The Morgan fingerprint density at radius 1 is 1.20 bits per heavy atom. The summed E-state index contributed by atoms with van der Waals surface area (Å²) in [4.78, 5) is 4.59. The van der Waals surface area contributed by atoms with E-state index < -0.39 is 0 Å². The van der Waals surface area contributed by atoms with Crippen LogP contribution in [-0.2, 0) is 11.2 Å². The van der Waals surface area contributed by atoms with Gasteiger partial charge in [-0.25, -0.2) is 0 Å². The summed E-state index contributed by atoms with van der Waals surface area (Å²) in [6, 6.07) is 8.80. The molecule has 0 radical (unpaired) electrons. The van der Waals surface area contributed by atoms with Gasteiger partial charge in [-0.1, -0.05) is 12.1 Å². The van der Waals surface area contributed by atoms with Crippen molar-refractivity contribution in [2.45, 2.75) is 6.42 Å². The van der Waals surface area contributed by atoms with E-state index in [9.17, 15) is 0 Å². The highest BCUT2D eigenvalue weighted by atomic mass is 16.5. The molecule has 1 fully saturated rings. The number of ether oxygens (including phenoxy) is 1. The van der Waals surface area contributed by atoms with Gasteiger partial charge in [0.2, 0.25) is 0 Å². The highest BCUT2D eigenvalue weighted by molar-refractivity contribution is 5.46. The number of hydrogen-bond donors (Lipinski definition) is 1. The van der Waals surface area contributed by atoms with Crippen LogP contribution in [0.25, 0.3) is 0 Å². The zero-order valence-electron chi connectivity index (χ0n) is 12.7. The van der Waals surface area contributed by atoms with Crippen LogP contribution in [0.1, 0.15) is 5.56 Å². The van der Waals surface area contributed by atoms with Gasteiger partial charge in [0.05, 0.1) is 13.2 Å². The van der Waals surface area contributed by atoms with Crippen molar-refractivity contribution in [2.75, 3.05) is 58.4 Å². The minimum absolute atomic E-state index is 0.526. The molecule has 0 spiro atoms. The van der Waals surface area contributed by atoms with E-state index in [1.807, 2.05) is 0 Å². The first kappa shape index (κ1) is 15.3. The summed E-state index contributed by atoms with van der Waals surface area (Å²) in [6.45, 7) is 5.61. The van der Waals surface area contributed by atoms with Crippen molar-refractivity contribution in [3.63, 3.8) is 0 Å². The Kier molecular flexibility index (Phi) is 5.83. The predicted molar refractivity (Wildman–Crippen MR) is 84.3 cm³/mol. The average Bonchev–Trinajstić information content (AvgIpc) is 2.48. The van der Waals surface area contributed by atoms with Gasteiger partial charge in [0, 0.05) is 39.4 Å². The molecule has 0 aromatic heterocycles. The maximum absolute atomic E-state index is 5.95. The van der Waals surface area contributed by atoms with Crippen LogP contribution in [0.2, 0.25) is 0 Å². The van der Waals surface area contributed by atoms with E-state index in [4.69, 9.17) is 10.5 Å². The number of benzene rings is 1. The Morgan fingerprint density at radius 2 is 1.85 bits per heavy atom. The fourth-order valence-corrected chi connectivity index (χ4v) is 2.63. The Hall–Kier alpha value is -1.10. The minimum atomic E-state index is 0.526. The van der Waals surface area contributed by atoms with Crippen LogP contribution in [0.15, 0.2) is 24.3 Å². The van der Waals surface area contributed by atoms with Crippen LogP contribution in [0, 0.1) is 5.92 Å². The van der Waals surface area contributed by atoms with E-state index in [1.54, 1.807) is 0 Å². The standard InChI is InChI=1S/C16H27N3O/c1-18(2)16-5-3-14(4-6-16)11-15(12-17)13-19-7-9-20-10-8-19/h3-6,15H,7-13,17H2,1-2H3. The van der Waals surface area contributed by atoms with E-state index in [-0.39, 0.29) is 0 Å². The van der Waals surface area contributed by atoms with Gasteiger partial charge < -0.3 is 15.4 Å². The van der Waals surface area contributed by atoms with Gasteiger partial charge in [-0.05, 0) is 36.6 Å². The smallest absolute Gasteiger partial charge is 0.0594 e. The lowest BCUT2D eigenvalue weighted by molar-refractivity contribution is 0.0312. The number of nitrogens with two attached hydrogens (primary N) is 1. The molecule has 2 N–H and O–H groups in total. The zero-order chi connectivity index (χ0) is 14.4. The molecule has 4 nitrogen and oxygen atoms in total. The molecule has 1 aliphatic rings. The van der Waals surface area contributed by atoms with Gasteiger partial charge in [-0.15, -0.1) is 0 Å². The topological polar surface area (TPSA) is 41.7 Å². The molecule has 0 saturated carbocycles. The van der Waals surface area contributed by atoms with Gasteiger partial charge in [0.1, 0.15) is 0 Å². The number of rotatable bonds is 6. The molecule has 1 aliphatic heterocycles. The highest BCUT2D eigenvalue weighted by Gasteiger charge is 2.16. The molecule has 1 saturated heterocycles. The van der Waals surface area contributed by atoms with Crippen LogP contribution in [0.3, 0.4) is 0 Å². The van der Waals surface area contributed by atoms with E-state index >= 15 is 0 Å². The monoisotopic (exact) mass is 277 g/mol. The highest BCUT2D eigenvalue weighted by Crippen LogP contribution is 2.16. The SMILES string of the molecule is CN(C)c1ccc(CC(CN)CN2CCOCC2)cc1. The Balaban J connectivity index is 1.88. The van der Waals surface area contributed by atoms with Crippen molar-refractivity contribution in [1.82, 2.24) is 4.90 Å². The first-order chi connectivity index (χ1) is 9.69. The molecular weight excluding hydrogens is 250 g/mol. The largest absolute Gasteiger partial charge is 0.379 e. The van der Waals surface area contributed by atoms with Crippen molar-refractivity contribution >= 4 is 5.69 Å². The zero-order valence-corrected chi connectivity index (χ0v) is 12.7. The molecule has 1 aromatic carbocycles. The molecule has 4 heteroatoms. The summed E-state index contributed by atoms with van der Waals surface area (Å²) < 4.78 is 5.39. The molecular formula is C16H27N3O. The fraction of sp³-hybridized carbons (Fsp3) is 0.625. The molecule has 0 aliphatic carbocycles. The Labute approximate surface area is 122 Å². The van der Waals surface area contributed by atoms with Gasteiger partial charge in [-0.2, -0.15) is 0 Å². The van der Waals surface area contributed by atoms with Gasteiger partial charge in [0.15, 0.2) is 0 Å². The van der Waals surface area contributed by atoms with E-state index in [2.05, 4.69) is 48.2 Å². The Morgan fingerprint density at radius 3 is 2.40 bits per heavy atom. The molecule has 1 atom stereocenters. The third-order valence-corrected chi connectivity index (χ3v) is 3.93. The summed E-state index contributed by atoms with van der Waals surface area (Å²) in [6.07, 6.45) is 1.06. The van der Waals surface area contributed by atoms with Crippen molar-refractivity contribution < 1.29 is 4.74 Å². The lowest BCUT2D eigenvalue weighted by Crippen LogP contribution is -2.41. The molecule has 1 heterocycles. The quantitative estimate of drug-likeness (QED) is 0.848. The number of hydrogen-bond acceptors (Lipinski definition) is 4. The van der Waals surface area contributed by atoms with Crippen LogP contribution in [0.4, 0.5) is 5.69 Å². The van der Waals surface area contributed by atoms with Crippen LogP contribution < -0.4 is 10.6 Å². The number of nitrogens with zero attached hydrogens (tertiary/aromatic N) is 2. The minimum Gasteiger partial charge on any atom is -0.379 e. The first-order valence-corrected chi connectivity index (χ1v) is 7.45. The molecule has 112 valence electrons. The summed E-state index contributed by atoms with van der Waals surface area (Å²) in [5.74, 6) is 0.526. The summed E-state index contributed by atoms with van der Waals surface area (Å²) in [5, 5.41) is 0. The Bertz CT molecular complexity index is 385. The number of anilines is 1. The second-order valence-electron chi connectivity index (χ2n) is 5.78. The normalized spacial score (nSPS) is 17.9. The van der Waals surface area contributed by atoms with Crippen molar-refractivity contribution in [1.29, 1.82) is 0 Å². The van der Waals surface area contributed by atoms with Crippen molar-refractivity contribution in [3.8, 4) is 0 Å². The van der Waals surface area contributed by atoms with Gasteiger partial charge in [0.25, 0.3) is 0 Å². The third-order valence-electron chi connectivity index (χ3n) is 3.93. The lowest BCUT2D eigenvalue weighted by Gasteiger charge is -2.30. The van der Waals surface area contributed by atoms with Crippen LogP contribution >= 0.6 is 0 Å². The molecule has 0 amide bonds. The maximum Gasteiger partial charge on any atom is 0.0594 e. The molecule has 20 heavy (non-hydrogen) atoms. The van der Waals surface area contributed by atoms with E-state index in [1.165, 1.54) is 11.3 Å². The second-order valence-corrected chi connectivity index (χ2v) is 5.78. The number of morpholine rings is 1. The second kappa shape index (κ2) is 7.62. The summed E-state index contributed by atoms with van der Waals surface area (Å²) >= 11 is 0. The lowest BCUT2D eigenvalue weighted by atomic mass is 9.98. The summed E-state index contributed by atoms with van der Waals surface area (Å²) in [7, 11) is 4.13. The average molecular weight is 277 g/mol. The van der Waals surface area contributed by atoms with Gasteiger partial charge in [-0.3, -0.25) is 4.90 Å². The molecule has 0 bridgehead atoms. The third kappa shape index (κ3) is 4.47. The molecule has 2 rings (SSSR count). The molecule has 1 aromatic rings. The predicted octanol–water partition coefficient (Wildman–Crippen LogP) is 1.20. The van der Waals surface area contributed by atoms with Crippen LogP contribution in [0.5, 0.6) is 0 Å². The van der Waals surface area contributed by atoms with Crippen molar-refractivity contribution in [2.24, 2.45) is 11.7 Å². The van der Waals surface area contributed by atoms with E-state index in [0.717, 1.165) is 45.8 Å². The molecule has 1 unspecified atom stereocenters. The van der Waals surface area contributed by atoms with Crippen molar-refractivity contribution in [3.05, 3.63) is 29.8 Å². The first-order valence-electron chi connectivity index (χ1n) is 7.45. The van der Waals surface area contributed by atoms with Gasteiger partial charge >= 0.3 is 0 Å². The van der Waals surface area contributed by atoms with Crippen LogP contribution in [-0.4, -0.2) is 58.4 Å². The summed E-state index contributed by atoms with van der Waals surface area (Å²) in [5.41, 5.74) is 8.57. The van der Waals surface area contributed by atoms with E-state index in [0.29, 0.717) is 5.92 Å². The fourth-order valence-electron chi connectivity index (χ4n) is 2.63.